The molecule has 1 aliphatic heterocycles. The highest BCUT2D eigenvalue weighted by atomic mass is 79.9. The maximum atomic E-state index is 12.3. The van der Waals surface area contributed by atoms with E-state index in [0.29, 0.717) is 6.42 Å². The lowest BCUT2D eigenvalue weighted by Crippen LogP contribution is -2.23. The maximum Gasteiger partial charge on any atom is 0.225 e. The summed E-state index contributed by atoms with van der Waals surface area (Å²) >= 11 is 7.21. The third-order valence-electron chi connectivity index (χ3n) is 4.31. The van der Waals surface area contributed by atoms with Gasteiger partial charge in [-0.2, -0.15) is 0 Å². The van der Waals surface area contributed by atoms with Crippen molar-refractivity contribution < 1.29 is 4.79 Å². The van der Waals surface area contributed by atoms with Crippen LogP contribution < -0.4 is 5.32 Å². The van der Waals surface area contributed by atoms with E-state index in [9.17, 15) is 4.79 Å². The topological polar surface area (TPSA) is 29.1 Å². The van der Waals surface area contributed by atoms with Crippen molar-refractivity contribution in [1.82, 2.24) is 0 Å². The van der Waals surface area contributed by atoms with Crippen molar-refractivity contribution in [2.24, 2.45) is 0 Å². The van der Waals surface area contributed by atoms with E-state index in [0.717, 1.165) is 36.5 Å². The Bertz CT molecular complexity index is 936. The van der Waals surface area contributed by atoms with Gasteiger partial charge in [0.05, 0.1) is 5.69 Å². The number of hydrogen-bond donors (Lipinski definition) is 1. The SMILES string of the molecule is O=C1C[C@@H](c2cccc(Br)c2)c2cc(Br)c3ccccc3c2N1. The molecular weight excluding hydrogens is 418 g/mol. The van der Waals surface area contributed by atoms with E-state index in [2.05, 4.69) is 67.5 Å². The zero-order valence-electron chi connectivity index (χ0n) is 12.1. The van der Waals surface area contributed by atoms with Gasteiger partial charge in [0, 0.05) is 26.7 Å². The minimum absolute atomic E-state index is 0.0648. The van der Waals surface area contributed by atoms with Gasteiger partial charge in [-0.1, -0.05) is 68.3 Å². The van der Waals surface area contributed by atoms with E-state index in [1.54, 1.807) is 0 Å². The Balaban J connectivity index is 1.99. The number of benzene rings is 3. The highest BCUT2D eigenvalue weighted by molar-refractivity contribution is 9.11. The Hall–Kier alpha value is -1.65. The van der Waals surface area contributed by atoms with Crippen LogP contribution in [0.2, 0.25) is 0 Å². The maximum absolute atomic E-state index is 12.3. The molecule has 1 amide bonds. The number of rotatable bonds is 1. The summed E-state index contributed by atoms with van der Waals surface area (Å²) in [6, 6.07) is 18.5. The van der Waals surface area contributed by atoms with Crippen LogP contribution in [-0.4, -0.2) is 5.91 Å². The highest BCUT2D eigenvalue weighted by Gasteiger charge is 2.28. The van der Waals surface area contributed by atoms with Crippen molar-refractivity contribution in [1.29, 1.82) is 0 Å². The van der Waals surface area contributed by atoms with E-state index in [1.165, 1.54) is 0 Å². The Morgan fingerprint density at radius 1 is 0.957 bits per heavy atom. The first-order valence-electron chi connectivity index (χ1n) is 7.40. The summed E-state index contributed by atoms with van der Waals surface area (Å²) in [6.45, 7) is 0. The van der Waals surface area contributed by atoms with E-state index in [1.807, 2.05) is 24.3 Å². The van der Waals surface area contributed by atoms with Crippen LogP contribution in [0.25, 0.3) is 10.8 Å². The molecule has 0 aromatic heterocycles. The molecule has 0 spiro atoms. The molecule has 23 heavy (non-hydrogen) atoms. The Kier molecular flexibility index (Phi) is 3.74. The molecule has 0 saturated carbocycles. The van der Waals surface area contributed by atoms with Crippen LogP contribution in [0.15, 0.2) is 63.5 Å². The van der Waals surface area contributed by atoms with Crippen molar-refractivity contribution in [2.75, 3.05) is 5.32 Å². The van der Waals surface area contributed by atoms with Crippen molar-refractivity contribution in [2.45, 2.75) is 12.3 Å². The van der Waals surface area contributed by atoms with E-state index in [-0.39, 0.29) is 11.8 Å². The number of carbonyl (C=O) groups is 1. The zero-order valence-corrected chi connectivity index (χ0v) is 15.3. The zero-order chi connectivity index (χ0) is 16.0. The summed E-state index contributed by atoms with van der Waals surface area (Å²) in [5.74, 6) is 0.132. The molecule has 3 aromatic carbocycles. The van der Waals surface area contributed by atoms with Crippen LogP contribution in [0.3, 0.4) is 0 Å². The van der Waals surface area contributed by atoms with E-state index in [4.69, 9.17) is 0 Å². The fraction of sp³-hybridized carbons (Fsp3) is 0.105. The number of amides is 1. The standard InChI is InChI=1S/C19H13Br2NO/c20-12-5-3-4-11(8-12)15-10-18(23)22-19-14-7-2-1-6-13(14)17(21)9-16(15)19/h1-9,15H,10H2,(H,22,23)/t15-/m0/s1. The number of fused-ring (bicyclic) bond motifs is 3. The molecule has 0 saturated heterocycles. The van der Waals surface area contributed by atoms with Crippen molar-refractivity contribution >= 4 is 54.2 Å². The number of hydrogen-bond acceptors (Lipinski definition) is 1. The lowest BCUT2D eigenvalue weighted by molar-refractivity contribution is -0.116. The summed E-state index contributed by atoms with van der Waals surface area (Å²) in [5, 5.41) is 5.26. The number of carbonyl (C=O) groups excluding carboxylic acids is 1. The molecule has 0 bridgehead atoms. The van der Waals surface area contributed by atoms with Crippen LogP contribution in [0, 0.1) is 0 Å². The second-order valence-corrected chi connectivity index (χ2v) is 7.50. The Morgan fingerprint density at radius 3 is 2.52 bits per heavy atom. The predicted octanol–water partition coefficient (Wildman–Crippen LogP) is 5.84. The van der Waals surface area contributed by atoms with Gasteiger partial charge in [0.25, 0.3) is 0 Å². The van der Waals surface area contributed by atoms with Gasteiger partial charge in [-0.15, -0.1) is 0 Å². The number of halogens is 2. The van der Waals surface area contributed by atoms with Gasteiger partial charge in [0.1, 0.15) is 0 Å². The van der Waals surface area contributed by atoms with Crippen LogP contribution in [0.4, 0.5) is 5.69 Å². The lowest BCUT2D eigenvalue weighted by Gasteiger charge is -2.28. The van der Waals surface area contributed by atoms with Crippen LogP contribution >= 0.6 is 31.9 Å². The molecule has 1 aliphatic rings. The van der Waals surface area contributed by atoms with Crippen molar-refractivity contribution in [3.8, 4) is 0 Å². The minimum atomic E-state index is 0.0648. The molecule has 3 aromatic rings. The molecule has 0 radical (unpaired) electrons. The minimum Gasteiger partial charge on any atom is -0.325 e. The average molecular weight is 431 g/mol. The predicted molar refractivity (Wildman–Crippen MR) is 101 cm³/mol. The van der Waals surface area contributed by atoms with Gasteiger partial charge in [-0.25, -0.2) is 0 Å². The first-order valence-corrected chi connectivity index (χ1v) is 8.98. The first kappa shape index (κ1) is 14.9. The summed E-state index contributed by atoms with van der Waals surface area (Å²) in [7, 11) is 0. The normalized spacial score (nSPS) is 17.0. The number of anilines is 1. The third-order valence-corrected chi connectivity index (χ3v) is 5.45. The average Bonchev–Trinajstić information content (AvgIpc) is 2.55. The monoisotopic (exact) mass is 429 g/mol. The summed E-state index contributed by atoms with van der Waals surface area (Å²) in [5.41, 5.74) is 3.25. The smallest absolute Gasteiger partial charge is 0.225 e. The van der Waals surface area contributed by atoms with Crippen molar-refractivity contribution in [3.05, 3.63) is 74.7 Å². The molecule has 2 nitrogen and oxygen atoms in total. The number of nitrogens with one attached hydrogen (secondary N) is 1. The van der Waals surface area contributed by atoms with E-state index >= 15 is 0 Å². The molecule has 1 N–H and O–H groups in total. The Labute approximate surface area is 151 Å². The van der Waals surface area contributed by atoms with Gasteiger partial charge in [0.2, 0.25) is 5.91 Å². The fourth-order valence-electron chi connectivity index (χ4n) is 3.27. The van der Waals surface area contributed by atoms with Gasteiger partial charge in [0.15, 0.2) is 0 Å². The molecular formula is C19H13Br2NO. The second-order valence-electron chi connectivity index (χ2n) is 5.73. The summed E-state index contributed by atoms with van der Waals surface area (Å²) in [6.07, 6.45) is 0.467. The fourth-order valence-corrected chi connectivity index (χ4v) is 4.28. The molecule has 1 heterocycles. The molecule has 114 valence electrons. The first-order chi connectivity index (χ1) is 11.1. The Morgan fingerprint density at radius 2 is 1.74 bits per heavy atom. The quantitative estimate of drug-likeness (QED) is 0.516. The van der Waals surface area contributed by atoms with E-state index < -0.39 is 0 Å². The largest absolute Gasteiger partial charge is 0.325 e. The van der Waals surface area contributed by atoms with Gasteiger partial charge in [-0.3, -0.25) is 4.79 Å². The third kappa shape index (κ3) is 2.60. The van der Waals surface area contributed by atoms with Crippen LogP contribution in [0.5, 0.6) is 0 Å². The molecule has 1 atom stereocenters. The molecule has 4 heteroatoms. The van der Waals surface area contributed by atoms with Crippen LogP contribution in [0.1, 0.15) is 23.5 Å². The molecule has 0 aliphatic carbocycles. The molecule has 0 fully saturated rings. The molecule has 4 rings (SSSR count). The molecule has 0 unspecified atom stereocenters. The van der Waals surface area contributed by atoms with Crippen LogP contribution in [-0.2, 0) is 4.79 Å². The summed E-state index contributed by atoms with van der Waals surface area (Å²) in [4.78, 5) is 12.3. The van der Waals surface area contributed by atoms with Crippen molar-refractivity contribution in [3.63, 3.8) is 0 Å². The lowest BCUT2D eigenvalue weighted by atomic mass is 9.83. The second kappa shape index (κ2) is 5.77. The van der Waals surface area contributed by atoms with Gasteiger partial charge in [-0.05, 0) is 34.7 Å². The highest BCUT2D eigenvalue weighted by Crippen LogP contribution is 2.43. The van der Waals surface area contributed by atoms with Gasteiger partial charge < -0.3 is 5.32 Å². The summed E-state index contributed by atoms with van der Waals surface area (Å²) < 4.78 is 2.09. The van der Waals surface area contributed by atoms with Gasteiger partial charge >= 0.3 is 0 Å².